The zero-order valence-electron chi connectivity index (χ0n) is 15.2. The quantitative estimate of drug-likeness (QED) is 0.717. The van der Waals surface area contributed by atoms with Crippen LogP contribution in [-0.4, -0.2) is 66.7 Å². The van der Waals surface area contributed by atoms with Gasteiger partial charge >= 0.3 is 0 Å². The van der Waals surface area contributed by atoms with E-state index in [1.165, 1.54) is 11.8 Å². The van der Waals surface area contributed by atoms with Crippen molar-refractivity contribution < 1.29 is 9.53 Å². The average molecular weight is 390 g/mol. The van der Waals surface area contributed by atoms with E-state index in [1.54, 1.807) is 6.20 Å². The van der Waals surface area contributed by atoms with Gasteiger partial charge in [-0.1, -0.05) is 23.7 Å². The maximum atomic E-state index is 12.1. The molecule has 1 aliphatic heterocycles. The van der Waals surface area contributed by atoms with Crippen molar-refractivity contribution in [2.45, 2.75) is 6.42 Å². The number of morpholine rings is 1. The minimum Gasteiger partial charge on any atom is -0.379 e. The van der Waals surface area contributed by atoms with Crippen molar-refractivity contribution in [1.29, 1.82) is 0 Å². The molecule has 2 heterocycles. The van der Waals surface area contributed by atoms with Gasteiger partial charge in [0.15, 0.2) is 0 Å². The molecule has 0 unspecified atom stereocenters. The standard InChI is InChI=1S/C19H24ClN5O2/c20-16-3-1-15(2-4-16)5-6-21-18-14-23-17(13-24-18)19(26)22-7-8-25-9-11-27-12-10-25/h1-4,13-14H,5-12H2,(H,21,24)(H,22,26). The van der Waals surface area contributed by atoms with E-state index in [4.69, 9.17) is 16.3 Å². The third-order valence-corrected chi connectivity index (χ3v) is 4.59. The first kappa shape index (κ1) is 19.5. The smallest absolute Gasteiger partial charge is 0.271 e. The van der Waals surface area contributed by atoms with Gasteiger partial charge in [0, 0.05) is 37.7 Å². The monoisotopic (exact) mass is 389 g/mol. The number of rotatable bonds is 8. The van der Waals surface area contributed by atoms with E-state index in [9.17, 15) is 4.79 Å². The molecule has 2 aromatic rings. The summed E-state index contributed by atoms with van der Waals surface area (Å²) >= 11 is 5.88. The molecule has 7 nitrogen and oxygen atoms in total. The molecule has 8 heteroatoms. The van der Waals surface area contributed by atoms with Crippen molar-refractivity contribution >= 4 is 23.3 Å². The largest absolute Gasteiger partial charge is 0.379 e. The number of amides is 1. The van der Waals surface area contributed by atoms with E-state index in [1.807, 2.05) is 24.3 Å². The van der Waals surface area contributed by atoms with Gasteiger partial charge < -0.3 is 15.4 Å². The molecule has 0 atom stereocenters. The summed E-state index contributed by atoms with van der Waals surface area (Å²) in [7, 11) is 0. The van der Waals surface area contributed by atoms with Crippen LogP contribution in [0.15, 0.2) is 36.7 Å². The Morgan fingerprint density at radius 2 is 1.89 bits per heavy atom. The summed E-state index contributed by atoms with van der Waals surface area (Å²) in [4.78, 5) is 22.9. The van der Waals surface area contributed by atoms with Crippen LogP contribution in [0, 0.1) is 0 Å². The van der Waals surface area contributed by atoms with Crippen molar-refractivity contribution in [1.82, 2.24) is 20.2 Å². The molecule has 27 heavy (non-hydrogen) atoms. The van der Waals surface area contributed by atoms with E-state index >= 15 is 0 Å². The van der Waals surface area contributed by atoms with E-state index in [2.05, 4.69) is 25.5 Å². The molecule has 144 valence electrons. The minimum atomic E-state index is -0.205. The normalized spacial score (nSPS) is 14.7. The van der Waals surface area contributed by atoms with Crippen LogP contribution in [0.2, 0.25) is 5.02 Å². The summed E-state index contributed by atoms with van der Waals surface area (Å²) in [6, 6.07) is 7.76. The summed E-state index contributed by atoms with van der Waals surface area (Å²) in [5.74, 6) is 0.442. The topological polar surface area (TPSA) is 79.4 Å². The molecular formula is C19H24ClN5O2. The zero-order chi connectivity index (χ0) is 18.9. The number of ether oxygens (including phenoxy) is 1. The minimum absolute atomic E-state index is 0.205. The Kier molecular flexibility index (Phi) is 7.38. The Morgan fingerprint density at radius 3 is 2.59 bits per heavy atom. The maximum Gasteiger partial charge on any atom is 0.271 e. The van der Waals surface area contributed by atoms with Gasteiger partial charge in [-0.05, 0) is 24.1 Å². The second-order valence-electron chi connectivity index (χ2n) is 6.30. The molecule has 2 N–H and O–H groups in total. The molecule has 3 rings (SSSR count). The van der Waals surface area contributed by atoms with E-state index in [-0.39, 0.29) is 5.91 Å². The molecule has 0 aliphatic carbocycles. The predicted octanol–water partition coefficient (Wildman–Crippen LogP) is 1.85. The SMILES string of the molecule is O=C(NCCN1CCOCC1)c1cnc(NCCc2ccc(Cl)cc2)cn1. The molecule has 0 saturated carbocycles. The molecule has 0 bridgehead atoms. The molecule has 1 aliphatic rings. The van der Waals surface area contributed by atoms with Gasteiger partial charge in [-0.25, -0.2) is 9.97 Å². The van der Waals surface area contributed by atoms with Gasteiger partial charge in [0.05, 0.1) is 25.6 Å². The van der Waals surface area contributed by atoms with Crippen molar-refractivity contribution in [2.75, 3.05) is 51.3 Å². The molecule has 0 radical (unpaired) electrons. The second-order valence-corrected chi connectivity index (χ2v) is 6.74. The van der Waals surface area contributed by atoms with Gasteiger partial charge in [-0.3, -0.25) is 9.69 Å². The average Bonchev–Trinajstić information content (AvgIpc) is 2.71. The fourth-order valence-corrected chi connectivity index (χ4v) is 2.89. The van der Waals surface area contributed by atoms with Gasteiger partial charge in [0.1, 0.15) is 11.5 Å². The highest BCUT2D eigenvalue weighted by Gasteiger charge is 2.11. The molecular weight excluding hydrogens is 366 g/mol. The Balaban J connectivity index is 1.38. The number of hydrogen-bond donors (Lipinski definition) is 2. The molecule has 1 aromatic heterocycles. The molecule has 1 saturated heterocycles. The van der Waals surface area contributed by atoms with Crippen LogP contribution in [-0.2, 0) is 11.2 Å². The Labute approximate surface area is 164 Å². The van der Waals surface area contributed by atoms with E-state index < -0.39 is 0 Å². The highest BCUT2D eigenvalue weighted by molar-refractivity contribution is 6.30. The fraction of sp³-hybridized carbons (Fsp3) is 0.421. The van der Waals surface area contributed by atoms with Gasteiger partial charge in [0.2, 0.25) is 0 Å². The number of benzene rings is 1. The van der Waals surface area contributed by atoms with Crippen LogP contribution in [0.1, 0.15) is 16.1 Å². The van der Waals surface area contributed by atoms with Crippen molar-refractivity contribution in [3.63, 3.8) is 0 Å². The van der Waals surface area contributed by atoms with Gasteiger partial charge in [-0.2, -0.15) is 0 Å². The lowest BCUT2D eigenvalue weighted by Crippen LogP contribution is -2.41. The van der Waals surface area contributed by atoms with Crippen molar-refractivity contribution in [3.05, 3.63) is 52.9 Å². The van der Waals surface area contributed by atoms with Crippen LogP contribution in [0.5, 0.6) is 0 Å². The van der Waals surface area contributed by atoms with Crippen molar-refractivity contribution in [3.8, 4) is 0 Å². The molecule has 0 spiro atoms. The Morgan fingerprint density at radius 1 is 1.11 bits per heavy atom. The Bertz CT molecular complexity index is 718. The third-order valence-electron chi connectivity index (χ3n) is 4.33. The molecule has 1 aromatic carbocycles. The number of carbonyl (C=O) groups excluding carboxylic acids is 1. The lowest BCUT2D eigenvalue weighted by molar-refractivity contribution is 0.0383. The first-order valence-electron chi connectivity index (χ1n) is 9.09. The van der Waals surface area contributed by atoms with Crippen LogP contribution in [0.4, 0.5) is 5.82 Å². The summed E-state index contributed by atoms with van der Waals surface area (Å²) in [5, 5.41) is 6.82. The van der Waals surface area contributed by atoms with Gasteiger partial charge in [-0.15, -0.1) is 0 Å². The lowest BCUT2D eigenvalue weighted by Gasteiger charge is -2.26. The van der Waals surface area contributed by atoms with Gasteiger partial charge in [0.25, 0.3) is 5.91 Å². The number of nitrogens with one attached hydrogen (secondary N) is 2. The molecule has 1 amide bonds. The lowest BCUT2D eigenvalue weighted by atomic mass is 10.1. The Hall–Kier alpha value is -2.22. The van der Waals surface area contributed by atoms with E-state index in [0.29, 0.717) is 18.1 Å². The van der Waals surface area contributed by atoms with Crippen LogP contribution >= 0.6 is 11.6 Å². The highest BCUT2D eigenvalue weighted by Crippen LogP contribution is 2.10. The van der Waals surface area contributed by atoms with Crippen molar-refractivity contribution in [2.24, 2.45) is 0 Å². The number of anilines is 1. The van der Waals surface area contributed by atoms with Crippen LogP contribution in [0.25, 0.3) is 0 Å². The van der Waals surface area contributed by atoms with Crippen LogP contribution in [0.3, 0.4) is 0 Å². The fourth-order valence-electron chi connectivity index (χ4n) is 2.77. The summed E-state index contributed by atoms with van der Waals surface area (Å²) in [6.45, 7) is 5.45. The highest BCUT2D eigenvalue weighted by atomic mass is 35.5. The predicted molar refractivity (Wildman–Crippen MR) is 105 cm³/mol. The number of hydrogen-bond acceptors (Lipinski definition) is 6. The maximum absolute atomic E-state index is 12.1. The zero-order valence-corrected chi connectivity index (χ0v) is 15.9. The third kappa shape index (κ3) is 6.46. The van der Waals surface area contributed by atoms with Crippen LogP contribution < -0.4 is 10.6 Å². The summed E-state index contributed by atoms with van der Waals surface area (Å²) in [6.07, 6.45) is 3.93. The summed E-state index contributed by atoms with van der Waals surface area (Å²) < 4.78 is 5.31. The number of carbonyl (C=O) groups is 1. The first-order chi connectivity index (χ1) is 13.2. The number of halogens is 1. The number of nitrogens with zero attached hydrogens (tertiary/aromatic N) is 3. The second kappa shape index (κ2) is 10.2. The number of aromatic nitrogens is 2. The summed E-state index contributed by atoms with van der Waals surface area (Å²) in [5.41, 5.74) is 1.51. The molecule has 1 fully saturated rings. The van der Waals surface area contributed by atoms with E-state index in [0.717, 1.165) is 50.8 Å². The first-order valence-corrected chi connectivity index (χ1v) is 9.47.